The van der Waals surface area contributed by atoms with Crippen LogP contribution in [0.4, 0.5) is 5.69 Å². The molecule has 1 aliphatic rings. The van der Waals surface area contributed by atoms with Gasteiger partial charge in [-0.15, -0.1) is 0 Å². The molecule has 1 heterocycles. The van der Waals surface area contributed by atoms with E-state index in [0.29, 0.717) is 20.9 Å². The number of benzene rings is 3. The Kier molecular flexibility index (Phi) is 7.19. The number of halogens is 3. The van der Waals surface area contributed by atoms with Crippen molar-refractivity contribution in [3.8, 4) is 5.75 Å². The molecule has 4 rings (SSSR count). The number of thioether (sulfide) groups is 1. The summed E-state index contributed by atoms with van der Waals surface area (Å²) in [6, 6.07) is 20.7. The number of hydrogen-bond acceptors (Lipinski definition) is 4. The molecule has 0 bridgehead atoms. The molecule has 0 atom stereocenters. The molecule has 0 aliphatic carbocycles. The van der Waals surface area contributed by atoms with Crippen LogP contribution in [0.2, 0.25) is 5.02 Å². The maximum atomic E-state index is 12.9. The molecule has 3 aromatic rings. The van der Waals surface area contributed by atoms with Crippen LogP contribution >= 0.6 is 67.4 Å². The lowest BCUT2D eigenvalue weighted by atomic mass is 10.2. The fourth-order valence-corrected chi connectivity index (χ4v) is 5.10. The Morgan fingerprint density at radius 1 is 1.03 bits per heavy atom. The first kappa shape index (κ1) is 22.6. The molecule has 0 aromatic heterocycles. The SMILES string of the molecule is O=C1/C(=C\c2ccc(OCc3ccc(Cl)cc3)c(Br)c2)SC(=S)N1c1ccc(Br)cc1. The average Bonchev–Trinajstić information content (AvgIpc) is 3.02. The minimum Gasteiger partial charge on any atom is -0.488 e. The van der Waals surface area contributed by atoms with Crippen LogP contribution < -0.4 is 9.64 Å². The summed E-state index contributed by atoms with van der Waals surface area (Å²) in [5, 5.41) is 0.694. The molecule has 1 aliphatic heterocycles. The first-order valence-electron chi connectivity index (χ1n) is 9.11. The standard InChI is InChI=1S/C23H14Br2ClNO2S2/c24-16-4-8-18(9-5-16)27-22(28)21(31-23(27)30)12-15-3-10-20(19(25)11-15)29-13-14-1-6-17(26)7-2-14/h1-12H,13H2/b21-12+. The van der Waals surface area contributed by atoms with Gasteiger partial charge in [0.1, 0.15) is 12.4 Å². The van der Waals surface area contributed by atoms with E-state index in [1.165, 1.54) is 11.8 Å². The van der Waals surface area contributed by atoms with E-state index in [1.807, 2.05) is 72.8 Å². The van der Waals surface area contributed by atoms with Crippen LogP contribution in [0.15, 0.2) is 80.6 Å². The van der Waals surface area contributed by atoms with Crippen molar-refractivity contribution in [2.45, 2.75) is 6.61 Å². The van der Waals surface area contributed by atoms with Crippen molar-refractivity contribution in [3.63, 3.8) is 0 Å². The summed E-state index contributed by atoms with van der Waals surface area (Å²) in [6.45, 7) is 0.432. The summed E-state index contributed by atoms with van der Waals surface area (Å²) >= 11 is 19.6. The molecule has 0 N–H and O–H groups in total. The van der Waals surface area contributed by atoms with E-state index in [2.05, 4.69) is 31.9 Å². The molecule has 0 unspecified atom stereocenters. The van der Waals surface area contributed by atoms with Gasteiger partial charge in [-0.1, -0.05) is 69.7 Å². The molecule has 31 heavy (non-hydrogen) atoms. The quantitative estimate of drug-likeness (QED) is 0.222. The highest BCUT2D eigenvalue weighted by molar-refractivity contribution is 9.10. The lowest BCUT2D eigenvalue weighted by Gasteiger charge is -2.14. The predicted molar refractivity (Wildman–Crippen MR) is 140 cm³/mol. The second-order valence-electron chi connectivity index (χ2n) is 6.60. The number of carbonyl (C=O) groups is 1. The Hall–Kier alpha value is -1.64. The van der Waals surface area contributed by atoms with E-state index in [9.17, 15) is 4.79 Å². The number of amides is 1. The third-order valence-corrected chi connectivity index (χ3v) is 7.14. The van der Waals surface area contributed by atoms with Gasteiger partial charge < -0.3 is 4.74 Å². The molecule has 3 nitrogen and oxygen atoms in total. The second kappa shape index (κ2) is 9.88. The van der Waals surface area contributed by atoms with E-state index in [-0.39, 0.29) is 5.91 Å². The number of rotatable bonds is 5. The molecular formula is C23H14Br2ClNO2S2. The minimum atomic E-state index is -0.128. The van der Waals surface area contributed by atoms with Gasteiger partial charge in [0, 0.05) is 9.50 Å². The maximum absolute atomic E-state index is 12.9. The van der Waals surface area contributed by atoms with Gasteiger partial charge in [0.05, 0.1) is 15.1 Å². The molecule has 3 aromatic carbocycles. The first-order valence-corrected chi connectivity index (χ1v) is 12.3. The van der Waals surface area contributed by atoms with Crippen LogP contribution in [0.5, 0.6) is 5.75 Å². The van der Waals surface area contributed by atoms with Gasteiger partial charge in [0.25, 0.3) is 5.91 Å². The first-order chi connectivity index (χ1) is 14.9. The molecule has 0 saturated carbocycles. The third-order valence-electron chi connectivity index (χ3n) is 4.44. The zero-order valence-corrected chi connectivity index (χ0v) is 21.4. The molecule has 8 heteroatoms. The lowest BCUT2D eigenvalue weighted by Crippen LogP contribution is -2.27. The number of hydrogen-bond donors (Lipinski definition) is 0. The normalized spacial score (nSPS) is 15.1. The van der Waals surface area contributed by atoms with Gasteiger partial charge in [0.15, 0.2) is 4.32 Å². The van der Waals surface area contributed by atoms with Crippen LogP contribution in [-0.4, -0.2) is 10.2 Å². The largest absolute Gasteiger partial charge is 0.488 e. The van der Waals surface area contributed by atoms with Crippen molar-refractivity contribution in [1.29, 1.82) is 0 Å². The average molecular weight is 596 g/mol. The van der Waals surface area contributed by atoms with E-state index >= 15 is 0 Å². The topological polar surface area (TPSA) is 29.5 Å². The summed E-state index contributed by atoms with van der Waals surface area (Å²) in [6.07, 6.45) is 1.84. The Labute approximate surface area is 211 Å². The Bertz CT molecular complexity index is 1180. The zero-order chi connectivity index (χ0) is 22.0. The van der Waals surface area contributed by atoms with E-state index in [4.69, 9.17) is 28.6 Å². The van der Waals surface area contributed by atoms with Gasteiger partial charge in [0.2, 0.25) is 0 Å². The Morgan fingerprint density at radius 2 is 1.74 bits per heavy atom. The lowest BCUT2D eigenvalue weighted by molar-refractivity contribution is -0.113. The van der Waals surface area contributed by atoms with Crippen molar-refractivity contribution >= 4 is 89.4 Å². The van der Waals surface area contributed by atoms with Gasteiger partial charge in [-0.25, -0.2) is 0 Å². The van der Waals surface area contributed by atoms with E-state index in [1.54, 1.807) is 4.90 Å². The van der Waals surface area contributed by atoms with Crippen molar-refractivity contribution in [1.82, 2.24) is 0 Å². The fraction of sp³-hybridized carbons (Fsp3) is 0.0435. The minimum absolute atomic E-state index is 0.128. The molecule has 156 valence electrons. The molecule has 0 radical (unpaired) electrons. The van der Waals surface area contributed by atoms with Crippen molar-refractivity contribution in [2.75, 3.05) is 4.90 Å². The fourth-order valence-electron chi connectivity index (χ4n) is 2.90. The number of anilines is 1. The number of nitrogens with zero attached hydrogens (tertiary/aromatic N) is 1. The summed E-state index contributed by atoms with van der Waals surface area (Å²) in [5.41, 5.74) is 2.65. The number of ether oxygens (including phenoxy) is 1. The molecule has 0 spiro atoms. The second-order valence-corrected chi connectivity index (χ2v) is 10.5. The van der Waals surface area contributed by atoms with Crippen LogP contribution in [0.3, 0.4) is 0 Å². The van der Waals surface area contributed by atoms with Crippen LogP contribution in [0, 0.1) is 0 Å². The van der Waals surface area contributed by atoms with Crippen LogP contribution in [0.25, 0.3) is 6.08 Å². The Morgan fingerprint density at radius 3 is 2.42 bits per heavy atom. The summed E-state index contributed by atoms with van der Waals surface area (Å²) in [4.78, 5) is 15.1. The Balaban J connectivity index is 1.49. The summed E-state index contributed by atoms with van der Waals surface area (Å²) in [5.74, 6) is 0.589. The van der Waals surface area contributed by atoms with Gasteiger partial charge in [-0.3, -0.25) is 9.69 Å². The van der Waals surface area contributed by atoms with Crippen LogP contribution in [-0.2, 0) is 11.4 Å². The van der Waals surface area contributed by atoms with Crippen molar-refractivity contribution < 1.29 is 9.53 Å². The smallest absolute Gasteiger partial charge is 0.270 e. The molecule has 1 amide bonds. The monoisotopic (exact) mass is 593 g/mol. The third kappa shape index (κ3) is 5.41. The number of thiocarbonyl (C=S) groups is 1. The van der Waals surface area contributed by atoms with Gasteiger partial charge >= 0.3 is 0 Å². The van der Waals surface area contributed by atoms with Crippen molar-refractivity contribution in [3.05, 3.63) is 96.7 Å². The zero-order valence-electron chi connectivity index (χ0n) is 15.8. The molecular weight excluding hydrogens is 582 g/mol. The molecule has 1 fully saturated rings. The maximum Gasteiger partial charge on any atom is 0.270 e. The summed E-state index contributed by atoms with van der Waals surface area (Å²) in [7, 11) is 0. The highest BCUT2D eigenvalue weighted by Crippen LogP contribution is 2.37. The predicted octanol–water partition coefficient (Wildman–Crippen LogP) is 7.85. The summed E-state index contributed by atoms with van der Waals surface area (Å²) < 4.78 is 8.16. The van der Waals surface area contributed by atoms with Gasteiger partial charge in [-0.2, -0.15) is 0 Å². The highest BCUT2D eigenvalue weighted by atomic mass is 79.9. The molecule has 1 saturated heterocycles. The number of carbonyl (C=O) groups excluding carboxylic acids is 1. The van der Waals surface area contributed by atoms with Crippen molar-refractivity contribution in [2.24, 2.45) is 0 Å². The van der Waals surface area contributed by atoms with E-state index in [0.717, 1.165) is 31.5 Å². The highest BCUT2D eigenvalue weighted by Gasteiger charge is 2.33. The van der Waals surface area contributed by atoms with Crippen LogP contribution in [0.1, 0.15) is 11.1 Å². The van der Waals surface area contributed by atoms with Gasteiger partial charge in [-0.05, 0) is 81.7 Å². The van der Waals surface area contributed by atoms with E-state index < -0.39 is 0 Å².